The van der Waals surface area contributed by atoms with Gasteiger partial charge < -0.3 is 10.2 Å². The van der Waals surface area contributed by atoms with Gasteiger partial charge in [-0.05, 0) is 31.0 Å². The molecule has 0 aromatic carbocycles. The van der Waals surface area contributed by atoms with Crippen molar-refractivity contribution in [2.75, 3.05) is 18.0 Å². The minimum atomic E-state index is -0.187. The summed E-state index contributed by atoms with van der Waals surface area (Å²) in [7, 11) is 0. The number of carbonyl (C=O) groups is 1. The van der Waals surface area contributed by atoms with Crippen LogP contribution >= 0.6 is 0 Å². The van der Waals surface area contributed by atoms with Crippen LogP contribution in [0.15, 0.2) is 53.8 Å². The number of hydrogen-bond donors (Lipinski definition) is 1. The zero-order chi connectivity index (χ0) is 17.9. The summed E-state index contributed by atoms with van der Waals surface area (Å²) in [4.78, 5) is 38.9. The summed E-state index contributed by atoms with van der Waals surface area (Å²) in [6, 6.07) is 8.72. The van der Waals surface area contributed by atoms with Gasteiger partial charge in [0.2, 0.25) is 0 Å². The Morgan fingerprint density at radius 1 is 1.19 bits per heavy atom. The molecule has 1 saturated heterocycles. The molecular weight excluding hydrogens is 332 g/mol. The second-order valence-electron chi connectivity index (χ2n) is 6.21. The van der Waals surface area contributed by atoms with Gasteiger partial charge >= 0.3 is 0 Å². The Morgan fingerprint density at radius 2 is 2.04 bits per heavy atom. The molecule has 0 aliphatic carbocycles. The highest BCUT2D eigenvalue weighted by atomic mass is 16.2. The monoisotopic (exact) mass is 350 g/mol. The standard InChI is InChI=1S/C18H18N6O2/c25-17-11-16(22-15-3-1-2-8-24(15)17)23-9-5-13(6-10-23)21-18(26)14-4-7-19-12-20-14/h1-4,7-8,11-13H,5-6,9-10H2,(H,21,26). The maximum absolute atomic E-state index is 12.2. The number of pyridine rings is 1. The summed E-state index contributed by atoms with van der Waals surface area (Å²) < 4.78 is 1.53. The van der Waals surface area contributed by atoms with E-state index >= 15 is 0 Å². The Morgan fingerprint density at radius 3 is 2.81 bits per heavy atom. The molecule has 8 nitrogen and oxygen atoms in total. The molecule has 132 valence electrons. The van der Waals surface area contributed by atoms with Crippen LogP contribution in [-0.4, -0.2) is 44.4 Å². The minimum Gasteiger partial charge on any atom is -0.356 e. The summed E-state index contributed by atoms with van der Waals surface area (Å²) in [5, 5.41) is 3.01. The smallest absolute Gasteiger partial charge is 0.270 e. The van der Waals surface area contributed by atoms with Gasteiger partial charge in [0.15, 0.2) is 0 Å². The molecule has 4 rings (SSSR count). The molecular formula is C18H18N6O2. The highest BCUT2D eigenvalue weighted by molar-refractivity contribution is 5.92. The normalized spacial score (nSPS) is 15.2. The summed E-state index contributed by atoms with van der Waals surface area (Å²) in [5.41, 5.74) is 0.908. The van der Waals surface area contributed by atoms with Gasteiger partial charge in [0.25, 0.3) is 11.5 Å². The number of hydrogen-bond acceptors (Lipinski definition) is 6. The molecule has 0 unspecified atom stereocenters. The van der Waals surface area contributed by atoms with Gasteiger partial charge in [-0.1, -0.05) is 6.07 Å². The predicted octanol–water partition coefficient (Wildman–Crippen LogP) is 0.883. The first kappa shape index (κ1) is 16.2. The maximum Gasteiger partial charge on any atom is 0.270 e. The molecule has 0 atom stereocenters. The molecule has 1 fully saturated rings. The molecule has 0 bridgehead atoms. The molecule has 1 N–H and O–H groups in total. The van der Waals surface area contributed by atoms with Crippen LogP contribution in [0.5, 0.6) is 0 Å². The number of fused-ring (bicyclic) bond motifs is 1. The van der Waals surface area contributed by atoms with E-state index in [0.717, 1.165) is 25.9 Å². The summed E-state index contributed by atoms with van der Waals surface area (Å²) in [6.45, 7) is 1.45. The van der Waals surface area contributed by atoms with Gasteiger partial charge in [0.05, 0.1) is 0 Å². The van der Waals surface area contributed by atoms with E-state index in [1.54, 1.807) is 24.5 Å². The number of rotatable bonds is 3. The fraction of sp³-hybridized carbons (Fsp3) is 0.278. The Hall–Kier alpha value is -3.29. The number of aromatic nitrogens is 4. The van der Waals surface area contributed by atoms with Crippen molar-refractivity contribution in [3.05, 3.63) is 65.1 Å². The molecule has 1 amide bonds. The SMILES string of the molecule is O=C(NC1CCN(c2cc(=O)n3ccccc3n2)CC1)c1ccncn1. The number of nitrogens with zero attached hydrogens (tertiary/aromatic N) is 5. The van der Waals surface area contributed by atoms with Crippen LogP contribution in [0.25, 0.3) is 5.65 Å². The zero-order valence-electron chi connectivity index (χ0n) is 14.1. The van der Waals surface area contributed by atoms with Crippen LogP contribution < -0.4 is 15.8 Å². The number of carbonyl (C=O) groups excluding carboxylic acids is 1. The summed E-state index contributed by atoms with van der Waals surface area (Å²) >= 11 is 0. The maximum atomic E-state index is 12.2. The van der Waals surface area contributed by atoms with Gasteiger partial charge in [-0.2, -0.15) is 0 Å². The molecule has 8 heteroatoms. The van der Waals surface area contributed by atoms with Crippen molar-refractivity contribution in [1.29, 1.82) is 0 Å². The molecule has 4 heterocycles. The lowest BCUT2D eigenvalue weighted by Crippen LogP contribution is -2.45. The third kappa shape index (κ3) is 3.26. The first-order valence-corrected chi connectivity index (χ1v) is 8.51. The topological polar surface area (TPSA) is 92.5 Å². The van der Waals surface area contributed by atoms with Gasteiger partial charge in [-0.15, -0.1) is 0 Å². The fourth-order valence-corrected chi connectivity index (χ4v) is 3.14. The Labute approximate surface area is 149 Å². The average Bonchev–Trinajstić information content (AvgIpc) is 2.69. The van der Waals surface area contributed by atoms with Crippen molar-refractivity contribution in [3.8, 4) is 0 Å². The second-order valence-corrected chi connectivity index (χ2v) is 6.21. The van der Waals surface area contributed by atoms with Crippen LogP contribution in [0.4, 0.5) is 5.82 Å². The number of amides is 1. The van der Waals surface area contributed by atoms with E-state index in [9.17, 15) is 9.59 Å². The van der Waals surface area contributed by atoms with Gasteiger partial charge in [0, 0.05) is 37.6 Å². The predicted molar refractivity (Wildman–Crippen MR) is 96.2 cm³/mol. The zero-order valence-corrected chi connectivity index (χ0v) is 14.1. The quantitative estimate of drug-likeness (QED) is 0.754. The number of nitrogens with one attached hydrogen (secondary N) is 1. The third-order valence-electron chi connectivity index (χ3n) is 4.53. The van der Waals surface area contributed by atoms with E-state index in [-0.39, 0.29) is 17.5 Å². The molecule has 0 spiro atoms. The minimum absolute atomic E-state index is 0.0790. The van der Waals surface area contributed by atoms with Crippen LogP contribution in [-0.2, 0) is 0 Å². The Bertz CT molecular complexity index is 980. The van der Waals surface area contributed by atoms with Crippen molar-refractivity contribution in [2.45, 2.75) is 18.9 Å². The van der Waals surface area contributed by atoms with Crippen molar-refractivity contribution >= 4 is 17.4 Å². The highest BCUT2D eigenvalue weighted by Crippen LogP contribution is 2.17. The summed E-state index contributed by atoms with van der Waals surface area (Å²) in [6.07, 6.45) is 6.19. The molecule has 26 heavy (non-hydrogen) atoms. The van der Waals surface area contributed by atoms with Crippen LogP contribution in [0.2, 0.25) is 0 Å². The largest absolute Gasteiger partial charge is 0.356 e. The first-order valence-electron chi connectivity index (χ1n) is 8.51. The first-order chi connectivity index (χ1) is 12.7. The van der Waals surface area contributed by atoms with Gasteiger partial charge in [-0.25, -0.2) is 15.0 Å². The molecule has 0 radical (unpaired) electrons. The van der Waals surface area contributed by atoms with Crippen molar-refractivity contribution in [1.82, 2.24) is 24.7 Å². The lowest BCUT2D eigenvalue weighted by Gasteiger charge is -2.33. The summed E-state index contributed by atoms with van der Waals surface area (Å²) in [5.74, 6) is 0.495. The fourth-order valence-electron chi connectivity index (χ4n) is 3.14. The lowest BCUT2D eigenvalue weighted by atomic mass is 10.0. The van der Waals surface area contributed by atoms with Crippen LogP contribution in [0.1, 0.15) is 23.3 Å². The van der Waals surface area contributed by atoms with Crippen molar-refractivity contribution in [2.24, 2.45) is 0 Å². The average molecular weight is 350 g/mol. The molecule has 0 saturated carbocycles. The Kier molecular flexibility index (Phi) is 4.30. The van der Waals surface area contributed by atoms with Crippen molar-refractivity contribution < 1.29 is 4.79 Å². The van der Waals surface area contributed by atoms with E-state index < -0.39 is 0 Å². The van der Waals surface area contributed by atoms with Crippen LogP contribution in [0, 0.1) is 0 Å². The molecule has 3 aromatic rings. The highest BCUT2D eigenvalue weighted by Gasteiger charge is 2.23. The molecule has 1 aliphatic heterocycles. The number of piperidine rings is 1. The van der Waals surface area contributed by atoms with Gasteiger partial charge in [-0.3, -0.25) is 14.0 Å². The molecule has 3 aromatic heterocycles. The Balaban J connectivity index is 1.42. The molecule has 1 aliphatic rings. The van der Waals surface area contributed by atoms with E-state index in [1.807, 2.05) is 18.2 Å². The van der Waals surface area contributed by atoms with E-state index in [1.165, 1.54) is 10.7 Å². The van der Waals surface area contributed by atoms with E-state index in [0.29, 0.717) is 17.2 Å². The van der Waals surface area contributed by atoms with Crippen molar-refractivity contribution in [3.63, 3.8) is 0 Å². The lowest BCUT2D eigenvalue weighted by molar-refractivity contribution is 0.0926. The van der Waals surface area contributed by atoms with Gasteiger partial charge in [0.1, 0.15) is 23.5 Å². The number of anilines is 1. The van der Waals surface area contributed by atoms with Crippen LogP contribution in [0.3, 0.4) is 0 Å². The second kappa shape index (κ2) is 6.91. The van der Waals surface area contributed by atoms with E-state index in [4.69, 9.17) is 0 Å². The third-order valence-corrected chi connectivity index (χ3v) is 4.53. The van der Waals surface area contributed by atoms with E-state index in [2.05, 4.69) is 25.2 Å².